The maximum Gasteiger partial charge on any atom is 0 e. The van der Waals surface area contributed by atoms with Crippen molar-refractivity contribution in [2.75, 3.05) is 0 Å². The molecule has 0 N–H and O–H groups in total. The van der Waals surface area contributed by atoms with Crippen LogP contribution < -0.4 is 4.40 Å². The third-order valence-corrected chi connectivity index (χ3v) is 15.5. The third-order valence-electron chi connectivity index (χ3n) is 11.3. The first kappa shape index (κ1) is 38.8. The molecular weight excluding hydrogens is 983 g/mol. The zero-order valence-electron chi connectivity index (χ0n) is 40.4. The van der Waals surface area contributed by atoms with Crippen molar-refractivity contribution in [2.24, 2.45) is 0 Å². The summed E-state index contributed by atoms with van der Waals surface area (Å²) >= 11 is -1.83. The molecule has 61 heavy (non-hydrogen) atoms. The van der Waals surface area contributed by atoms with Crippen LogP contribution in [0.15, 0.2) is 138 Å². The summed E-state index contributed by atoms with van der Waals surface area (Å²) < 4.78 is 40.9. The van der Waals surface area contributed by atoms with Gasteiger partial charge in [-0.3, -0.25) is 4.98 Å². The number of hydrogen-bond donors (Lipinski definition) is 0. The standard InChI is InChI=1S/C40H37N2O.C15H18GeN.Ir/c1-24(2)28-19-20-30-31-15-12-16-32(39(31)43-37(30)23-28)40-41-35-17-10-11-18-36(35)42(40)38-33(25(3)4)21-29(22-34(38)26(5)6)27-13-8-7-9-14-27;1-12-5-7-13(8-6-12)15-10-9-14(11-17-15)16(2,3)4;/h7-15,17-26H,1-6H3;5-7,9-11H,1-4H3;/q2*-1;/i24D;1D3;. The molecule has 0 amide bonds. The second-order valence-electron chi connectivity index (χ2n) is 17.5. The average molecular weight is 1040 g/mol. The van der Waals surface area contributed by atoms with Gasteiger partial charge in [0.25, 0.3) is 0 Å². The van der Waals surface area contributed by atoms with Crippen molar-refractivity contribution >= 4 is 50.6 Å². The molecule has 6 heteroatoms. The second kappa shape index (κ2) is 18.1. The van der Waals surface area contributed by atoms with E-state index in [0.29, 0.717) is 5.56 Å². The van der Waals surface area contributed by atoms with Gasteiger partial charge in [-0.1, -0.05) is 107 Å². The second-order valence-corrected chi connectivity index (χ2v) is 28.2. The van der Waals surface area contributed by atoms with Crippen LogP contribution in [0.5, 0.6) is 0 Å². The van der Waals surface area contributed by atoms with Crippen molar-refractivity contribution in [3.63, 3.8) is 0 Å². The van der Waals surface area contributed by atoms with E-state index in [-0.39, 0.29) is 31.9 Å². The molecule has 0 saturated carbocycles. The Morgan fingerprint density at radius 1 is 0.738 bits per heavy atom. The van der Waals surface area contributed by atoms with E-state index in [9.17, 15) is 0 Å². The topological polar surface area (TPSA) is 43.9 Å². The number of para-hydroxylation sites is 2. The van der Waals surface area contributed by atoms with Crippen molar-refractivity contribution < 1.29 is 30.0 Å². The Kier molecular flexibility index (Phi) is 11.5. The van der Waals surface area contributed by atoms with E-state index in [1.807, 2.05) is 50.4 Å². The van der Waals surface area contributed by atoms with Crippen molar-refractivity contribution in [3.8, 4) is 39.5 Å². The van der Waals surface area contributed by atoms with E-state index in [0.717, 1.165) is 61.2 Å². The van der Waals surface area contributed by atoms with Crippen LogP contribution in [0.3, 0.4) is 0 Å². The molecule has 4 nitrogen and oxygen atoms in total. The molecular formula is C55H55GeIrN3O-2. The van der Waals surface area contributed by atoms with E-state index in [1.165, 1.54) is 38.4 Å². The van der Waals surface area contributed by atoms with Gasteiger partial charge in [0.2, 0.25) is 0 Å². The van der Waals surface area contributed by atoms with Crippen LogP contribution in [0.1, 0.15) is 87.0 Å². The van der Waals surface area contributed by atoms with Crippen LogP contribution in [0, 0.1) is 19.0 Å². The molecule has 3 heterocycles. The van der Waals surface area contributed by atoms with Crippen LogP contribution in [0.25, 0.3) is 72.4 Å². The molecule has 0 saturated heterocycles. The maximum absolute atomic E-state index is 8.56. The Bertz CT molecular complexity index is 3020. The van der Waals surface area contributed by atoms with E-state index < -0.39 is 26.0 Å². The summed E-state index contributed by atoms with van der Waals surface area (Å²) in [5.41, 5.74) is 13.4. The van der Waals surface area contributed by atoms with Gasteiger partial charge in [-0.25, -0.2) is 0 Å². The fraction of sp³-hybridized carbons (Fsp3) is 0.236. The van der Waals surface area contributed by atoms with E-state index in [4.69, 9.17) is 14.9 Å². The van der Waals surface area contributed by atoms with Crippen molar-refractivity contribution in [1.29, 1.82) is 0 Å². The molecule has 9 rings (SSSR count). The molecule has 3 aromatic heterocycles. The SMILES string of the molecule is [2H]C(C)(C)c1ccc2c(c1)oc1c(-c3nc4ccccc4n3-c3c(C(C)C)cc(-c4ccccc4)cc3C(C)C)[c-]ccc12.[2H]C([2H])([2H])c1c[c-]c(-c2cc[c]([Ge]([CH3])([CH3])[CH3])cn2)cc1.[Ir]. The summed E-state index contributed by atoms with van der Waals surface area (Å²) in [6.07, 6.45) is 1.95. The smallest absolute Gasteiger partial charge is 0 e. The number of nitrogens with zero attached hydrogens (tertiary/aromatic N) is 3. The molecule has 0 fully saturated rings. The Morgan fingerprint density at radius 3 is 2.08 bits per heavy atom. The van der Waals surface area contributed by atoms with Crippen molar-refractivity contribution in [1.82, 2.24) is 14.5 Å². The Morgan fingerprint density at radius 2 is 1.46 bits per heavy atom. The molecule has 9 aromatic rings. The summed E-state index contributed by atoms with van der Waals surface area (Å²) in [4.78, 5) is 9.74. The quantitative estimate of drug-likeness (QED) is 0.113. The molecule has 1 radical (unpaired) electrons. The van der Waals surface area contributed by atoms with Gasteiger partial charge in [0.05, 0.1) is 22.4 Å². The van der Waals surface area contributed by atoms with Crippen molar-refractivity contribution in [2.45, 2.75) is 83.4 Å². The minimum Gasteiger partial charge on any atom is 0 e. The Hall–Kier alpha value is -5.07. The summed E-state index contributed by atoms with van der Waals surface area (Å²) in [7, 11) is 0. The van der Waals surface area contributed by atoms with Gasteiger partial charge in [-0.15, -0.1) is 18.2 Å². The Balaban J connectivity index is 0.000000253. The first-order valence-electron chi connectivity index (χ1n) is 22.9. The Labute approximate surface area is 383 Å². The number of benzene rings is 6. The summed E-state index contributed by atoms with van der Waals surface area (Å²) in [6.45, 7) is 10.8. The number of pyridine rings is 1. The fourth-order valence-corrected chi connectivity index (χ4v) is 10.0. The van der Waals surface area contributed by atoms with Crippen LogP contribution in [-0.4, -0.2) is 27.8 Å². The zero-order chi connectivity index (χ0) is 45.7. The van der Waals surface area contributed by atoms with Crippen LogP contribution in [-0.2, 0) is 20.1 Å². The number of hydrogen-bond acceptors (Lipinski definition) is 3. The zero-order valence-corrected chi connectivity index (χ0v) is 40.9. The summed E-state index contributed by atoms with van der Waals surface area (Å²) in [5.74, 6) is 7.63. The minimum absolute atomic E-state index is 0. The molecule has 0 atom stereocenters. The van der Waals surface area contributed by atoms with E-state index >= 15 is 0 Å². The number of rotatable bonds is 8. The summed E-state index contributed by atoms with van der Waals surface area (Å²) in [6, 6.07) is 49.5. The van der Waals surface area contributed by atoms with Gasteiger partial charge >= 0.3 is 110 Å². The number of fused-ring (bicyclic) bond motifs is 4. The van der Waals surface area contributed by atoms with Crippen LogP contribution in [0.4, 0.5) is 0 Å². The molecule has 311 valence electrons. The molecule has 0 unspecified atom stereocenters. The van der Waals surface area contributed by atoms with Gasteiger partial charge in [-0.05, 0) is 75.9 Å². The monoisotopic (exact) mass is 1040 g/mol. The molecule has 0 aliphatic carbocycles. The number of aromatic nitrogens is 3. The number of furan rings is 1. The third kappa shape index (κ3) is 8.98. The first-order chi connectivity index (χ1) is 30.3. The number of imidazole rings is 1. The fourth-order valence-electron chi connectivity index (χ4n) is 7.84. The first-order valence-corrected chi connectivity index (χ1v) is 28.2. The van der Waals surface area contributed by atoms with Gasteiger partial charge in [0, 0.05) is 32.5 Å². The van der Waals surface area contributed by atoms with Gasteiger partial charge < -0.3 is 8.98 Å². The molecule has 0 spiro atoms. The van der Waals surface area contributed by atoms with Gasteiger partial charge in [0.15, 0.2) is 0 Å². The summed E-state index contributed by atoms with van der Waals surface area (Å²) in [5, 5.41) is 2.05. The molecule has 0 bridgehead atoms. The largest absolute Gasteiger partial charge is 0 e. The molecule has 6 aromatic carbocycles. The molecule has 0 aliphatic rings. The average Bonchev–Trinajstić information content (AvgIpc) is 3.84. The van der Waals surface area contributed by atoms with Gasteiger partial charge in [0.1, 0.15) is 5.58 Å². The van der Waals surface area contributed by atoms with Gasteiger partial charge in [-0.2, -0.15) is 0 Å². The predicted octanol–water partition coefficient (Wildman–Crippen LogP) is 14.8. The van der Waals surface area contributed by atoms with E-state index in [2.05, 4.69) is 146 Å². The normalized spacial score (nSPS) is 13.1. The van der Waals surface area contributed by atoms with Crippen LogP contribution in [0.2, 0.25) is 17.3 Å². The minimum atomic E-state index is -2.08. The maximum atomic E-state index is 8.56. The van der Waals surface area contributed by atoms with Crippen LogP contribution >= 0.6 is 0 Å². The van der Waals surface area contributed by atoms with Crippen molar-refractivity contribution in [3.05, 3.63) is 168 Å². The molecule has 0 aliphatic heterocycles. The number of aryl methyl sites for hydroxylation is 1. The van der Waals surface area contributed by atoms with E-state index in [1.54, 1.807) is 12.1 Å². The predicted molar refractivity (Wildman–Crippen MR) is 257 cm³/mol.